The summed E-state index contributed by atoms with van der Waals surface area (Å²) < 4.78 is 0. The van der Waals surface area contributed by atoms with Crippen LogP contribution in [-0.4, -0.2) is 40.6 Å². The van der Waals surface area contributed by atoms with Gasteiger partial charge in [-0.3, -0.25) is 9.69 Å². The van der Waals surface area contributed by atoms with Gasteiger partial charge in [0.2, 0.25) is 0 Å². The minimum Gasteiger partial charge on any atom is -0.395 e. The fourth-order valence-electron chi connectivity index (χ4n) is 1.85. The molecule has 2 rings (SSSR count). The Balaban J connectivity index is 2.14. The van der Waals surface area contributed by atoms with E-state index in [4.69, 9.17) is 5.11 Å². The summed E-state index contributed by atoms with van der Waals surface area (Å²) in [5.41, 5.74) is -0.605. The van der Waals surface area contributed by atoms with Crippen LogP contribution in [0.5, 0.6) is 0 Å². The molecule has 0 atom stereocenters. The first-order valence-electron chi connectivity index (χ1n) is 4.45. The smallest absolute Gasteiger partial charge is 0.325 e. The third-order valence-electron chi connectivity index (χ3n) is 2.78. The van der Waals surface area contributed by atoms with Crippen LogP contribution < -0.4 is 5.32 Å². The zero-order chi connectivity index (χ0) is 9.47. The molecular formula is C8H12N2O3. The van der Waals surface area contributed by atoms with Crippen LogP contribution in [0.3, 0.4) is 0 Å². The third-order valence-corrected chi connectivity index (χ3v) is 2.78. The number of β-amino-alcohol motifs (C(OH)–C–C–N with tert-alkyl or cyclic N) is 1. The molecular weight excluding hydrogens is 172 g/mol. The van der Waals surface area contributed by atoms with Crippen molar-refractivity contribution in [3.05, 3.63) is 0 Å². The maximum atomic E-state index is 11.6. The summed E-state index contributed by atoms with van der Waals surface area (Å²) in [7, 11) is 0. The van der Waals surface area contributed by atoms with Crippen LogP contribution in [0.4, 0.5) is 4.79 Å². The number of aliphatic hydroxyl groups excluding tert-OH is 1. The number of hydrogen-bond acceptors (Lipinski definition) is 3. The molecule has 2 fully saturated rings. The predicted molar refractivity (Wildman–Crippen MR) is 43.9 cm³/mol. The summed E-state index contributed by atoms with van der Waals surface area (Å²) in [6, 6.07) is -0.362. The number of carbonyl (C=O) groups is 2. The molecule has 1 saturated carbocycles. The van der Waals surface area contributed by atoms with Crippen LogP contribution in [0.25, 0.3) is 0 Å². The monoisotopic (exact) mass is 184 g/mol. The lowest BCUT2D eigenvalue weighted by atomic mass is 9.77. The topological polar surface area (TPSA) is 69.6 Å². The van der Waals surface area contributed by atoms with E-state index in [0.717, 1.165) is 24.2 Å². The van der Waals surface area contributed by atoms with Gasteiger partial charge in [0.25, 0.3) is 5.91 Å². The van der Waals surface area contributed by atoms with E-state index in [1.807, 2.05) is 0 Å². The zero-order valence-corrected chi connectivity index (χ0v) is 7.25. The van der Waals surface area contributed by atoms with Gasteiger partial charge in [0.15, 0.2) is 0 Å². The first-order valence-corrected chi connectivity index (χ1v) is 4.45. The number of urea groups is 1. The molecule has 0 aromatic carbocycles. The number of imide groups is 1. The van der Waals surface area contributed by atoms with Crippen molar-refractivity contribution in [3.63, 3.8) is 0 Å². The highest BCUT2D eigenvalue weighted by molar-refractivity contribution is 6.07. The van der Waals surface area contributed by atoms with Crippen LogP contribution in [0, 0.1) is 0 Å². The number of nitrogens with zero attached hydrogens (tertiary/aromatic N) is 1. The molecule has 0 aromatic rings. The maximum absolute atomic E-state index is 11.6. The fourth-order valence-corrected chi connectivity index (χ4v) is 1.85. The highest BCUT2D eigenvalue weighted by atomic mass is 16.3. The third kappa shape index (κ3) is 1.03. The van der Waals surface area contributed by atoms with E-state index in [-0.39, 0.29) is 25.1 Å². The Morgan fingerprint density at radius 3 is 2.54 bits per heavy atom. The molecule has 0 radical (unpaired) electrons. The average Bonchev–Trinajstić information content (AvgIpc) is 2.28. The van der Waals surface area contributed by atoms with E-state index in [1.54, 1.807) is 0 Å². The van der Waals surface area contributed by atoms with Crippen LogP contribution in [-0.2, 0) is 4.79 Å². The summed E-state index contributed by atoms with van der Waals surface area (Å²) >= 11 is 0. The number of aliphatic hydroxyl groups is 1. The minimum atomic E-state index is -0.605. The quantitative estimate of drug-likeness (QED) is 0.566. The molecule has 1 saturated heterocycles. The summed E-state index contributed by atoms with van der Waals surface area (Å²) in [5, 5.41) is 11.3. The van der Waals surface area contributed by atoms with Crippen molar-refractivity contribution < 1.29 is 14.7 Å². The summed E-state index contributed by atoms with van der Waals surface area (Å²) in [4.78, 5) is 24.0. The fraction of sp³-hybridized carbons (Fsp3) is 0.750. The van der Waals surface area contributed by atoms with Gasteiger partial charge in [-0.25, -0.2) is 4.79 Å². The van der Waals surface area contributed by atoms with Gasteiger partial charge in [0.1, 0.15) is 5.54 Å². The van der Waals surface area contributed by atoms with Gasteiger partial charge in [-0.15, -0.1) is 0 Å². The predicted octanol–water partition coefficient (Wildman–Crippen LogP) is -0.547. The van der Waals surface area contributed by atoms with Gasteiger partial charge in [0.05, 0.1) is 13.2 Å². The molecule has 3 amide bonds. The second-order valence-corrected chi connectivity index (χ2v) is 3.55. The zero-order valence-electron chi connectivity index (χ0n) is 7.25. The average molecular weight is 184 g/mol. The molecule has 1 heterocycles. The van der Waals surface area contributed by atoms with E-state index < -0.39 is 5.54 Å². The van der Waals surface area contributed by atoms with Crippen molar-refractivity contribution in [2.45, 2.75) is 24.8 Å². The normalized spacial score (nSPS) is 24.8. The molecule has 1 aliphatic carbocycles. The second kappa shape index (κ2) is 2.70. The van der Waals surface area contributed by atoms with E-state index in [9.17, 15) is 9.59 Å². The number of rotatable bonds is 2. The van der Waals surface area contributed by atoms with Crippen LogP contribution in [0.1, 0.15) is 19.3 Å². The van der Waals surface area contributed by atoms with Gasteiger partial charge in [0, 0.05) is 0 Å². The van der Waals surface area contributed by atoms with Crippen molar-refractivity contribution in [2.24, 2.45) is 0 Å². The lowest BCUT2D eigenvalue weighted by molar-refractivity contribution is -0.134. The molecule has 2 aliphatic rings. The molecule has 1 spiro atoms. The van der Waals surface area contributed by atoms with Gasteiger partial charge >= 0.3 is 6.03 Å². The molecule has 2 N–H and O–H groups in total. The largest absolute Gasteiger partial charge is 0.395 e. The first kappa shape index (κ1) is 8.50. The van der Waals surface area contributed by atoms with Gasteiger partial charge in [-0.2, -0.15) is 0 Å². The highest BCUT2D eigenvalue weighted by Crippen LogP contribution is 2.36. The van der Waals surface area contributed by atoms with Crippen molar-refractivity contribution in [3.8, 4) is 0 Å². The Morgan fingerprint density at radius 1 is 1.46 bits per heavy atom. The number of amides is 3. The second-order valence-electron chi connectivity index (χ2n) is 3.55. The van der Waals surface area contributed by atoms with Crippen LogP contribution >= 0.6 is 0 Å². The van der Waals surface area contributed by atoms with Gasteiger partial charge in [-0.05, 0) is 19.3 Å². The molecule has 0 aromatic heterocycles. The van der Waals surface area contributed by atoms with Crippen molar-refractivity contribution in [1.29, 1.82) is 0 Å². The van der Waals surface area contributed by atoms with Crippen LogP contribution in [0.2, 0.25) is 0 Å². The molecule has 13 heavy (non-hydrogen) atoms. The van der Waals surface area contributed by atoms with Crippen molar-refractivity contribution in [2.75, 3.05) is 13.2 Å². The van der Waals surface area contributed by atoms with E-state index in [1.165, 1.54) is 0 Å². The van der Waals surface area contributed by atoms with Crippen molar-refractivity contribution >= 4 is 11.9 Å². The number of carbonyl (C=O) groups excluding carboxylic acids is 2. The first-order chi connectivity index (χ1) is 6.19. The number of hydrogen-bond donors (Lipinski definition) is 2. The van der Waals surface area contributed by atoms with Gasteiger partial charge in [-0.1, -0.05) is 0 Å². The summed E-state index contributed by atoms with van der Waals surface area (Å²) in [6.45, 7) is -0.0678. The highest BCUT2D eigenvalue weighted by Gasteiger charge is 2.54. The van der Waals surface area contributed by atoms with Gasteiger partial charge < -0.3 is 10.4 Å². The minimum absolute atomic E-state index is 0.104. The lowest BCUT2D eigenvalue weighted by Gasteiger charge is -2.34. The molecule has 1 aliphatic heterocycles. The lowest BCUT2D eigenvalue weighted by Crippen LogP contribution is -2.52. The number of nitrogens with one attached hydrogen (secondary N) is 1. The van der Waals surface area contributed by atoms with E-state index in [0.29, 0.717) is 0 Å². The summed E-state index contributed by atoms with van der Waals surface area (Å²) in [6.07, 6.45) is 2.46. The molecule has 0 bridgehead atoms. The van der Waals surface area contributed by atoms with Crippen LogP contribution in [0.15, 0.2) is 0 Å². The SMILES string of the molecule is O=C1NC2(CCC2)C(=O)N1CCO. The molecule has 0 unspecified atom stereocenters. The summed E-state index contributed by atoms with van der Waals surface area (Å²) in [5.74, 6) is -0.169. The molecule has 5 nitrogen and oxygen atoms in total. The Kier molecular flexibility index (Phi) is 1.76. The van der Waals surface area contributed by atoms with E-state index in [2.05, 4.69) is 5.32 Å². The Hall–Kier alpha value is -1.10. The maximum Gasteiger partial charge on any atom is 0.325 e. The van der Waals surface area contributed by atoms with Crippen molar-refractivity contribution in [1.82, 2.24) is 10.2 Å². The standard InChI is InChI=1S/C8H12N2O3/c11-5-4-10-6(12)8(2-1-3-8)9-7(10)13/h11H,1-5H2,(H,9,13). The molecule has 72 valence electrons. The Morgan fingerprint density at radius 2 is 2.15 bits per heavy atom. The Bertz CT molecular complexity index is 260. The Labute approximate surface area is 75.7 Å². The molecule has 5 heteroatoms. The van der Waals surface area contributed by atoms with E-state index >= 15 is 0 Å².